The second-order valence-corrected chi connectivity index (χ2v) is 1.79. The maximum Gasteiger partial charge on any atom is -0.0270 e. The van der Waals surface area contributed by atoms with Crippen LogP contribution in [0, 0.1) is 0 Å². The standard InChI is InChI=1S/C6H8/c1-5(2)6-3-4-6/h3-4H,1-2H3. The monoisotopic (exact) mass is 80.1 g/mol. The Kier molecular flexibility index (Phi) is 0.592. The van der Waals surface area contributed by atoms with E-state index in [0.717, 1.165) is 0 Å². The summed E-state index contributed by atoms with van der Waals surface area (Å²) >= 11 is 0. The van der Waals surface area contributed by atoms with Crippen LogP contribution in [0.5, 0.6) is 0 Å². The summed E-state index contributed by atoms with van der Waals surface area (Å²) in [7, 11) is 0. The van der Waals surface area contributed by atoms with Crippen molar-refractivity contribution in [1.82, 2.24) is 0 Å². The number of hydrogen-bond donors (Lipinski definition) is 0. The normalized spacial score (nSPS) is 15.3. The van der Waals surface area contributed by atoms with Crippen molar-refractivity contribution in [2.75, 3.05) is 0 Å². The largest absolute Gasteiger partial charge is 0.0692 e. The Morgan fingerprint density at radius 3 is 1.83 bits per heavy atom. The molecule has 0 aromatic heterocycles. The van der Waals surface area contributed by atoms with E-state index in [1.54, 1.807) is 0 Å². The van der Waals surface area contributed by atoms with E-state index in [-0.39, 0.29) is 0 Å². The van der Waals surface area contributed by atoms with E-state index in [1.165, 1.54) is 11.1 Å². The molecular weight excluding hydrogens is 72.1 g/mol. The molecule has 0 spiro atoms. The second-order valence-electron chi connectivity index (χ2n) is 1.79. The van der Waals surface area contributed by atoms with Crippen LogP contribution in [-0.4, -0.2) is 0 Å². The lowest BCUT2D eigenvalue weighted by atomic mass is 10.3. The van der Waals surface area contributed by atoms with Crippen LogP contribution in [0.4, 0.5) is 0 Å². The van der Waals surface area contributed by atoms with Gasteiger partial charge in [0.2, 0.25) is 0 Å². The van der Waals surface area contributed by atoms with Gasteiger partial charge in [-0.3, -0.25) is 0 Å². The molecule has 1 aliphatic rings. The van der Waals surface area contributed by atoms with Crippen molar-refractivity contribution < 1.29 is 0 Å². The van der Waals surface area contributed by atoms with Gasteiger partial charge in [-0.1, -0.05) is 17.7 Å². The fourth-order valence-electron chi connectivity index (χ4n) is 0.375. The Morgan fingerprint density at radius 2 is 1.83 bits per heavy atom. The molecule has 0 aromatic carbocycles. The van der Waals surface area contributed by atoms with Gasteiger partial charge in [-0.05, 0) is 19.4 Å². The van der Waals surface area contributed by atoms with Gasteiger partial charge in [0, 0.05) is 0 Å². The lowest BCUT2D eigenvalue weighted by molar-refractivity contribution is 1.38. The maximum atomic E-state index is 2.12. The fraction of sp³-hybridized carbons (Fsp3) is 0.333. The van der Waals surface area contributed by atoms with Gasteiger partial charge < -0.3 is 0 Å². The summed E-state index contributed by atoms with van der Waals surface area (Å²) in [6.07, 6.45) is 4.24. The van der Waals surface area contributed by atoms with Gasteiger partial charge in [0.05, 0.1) is 0 Å². The number of allylic oxidation sites excluding steroid dienone is 4. The lowest BCUT2D eigenvalue weighted by Gasteiger charge is -1.77. The van der Waals surface area contributed by atoms with Crippen LogP contribution >= 0.6 is 0 Å². The quantitative estimate of drug-likeness (QED) is 0.417. The van der Waals surface area contributed by atoms with Crippen molar-refractivity contribution >= 4 is 0 Å². The Balaban J connectivity index is 2.66. The summed E-state index contributed by atoms with van der Waals surface area (Å²) in [5.41, 5.74) is 2.85. The molecule has 0 atom stereocenters. The molecule has 0 saturated carbocycles. The molecule has 1 aliphatic carbocycles. The minimum Gasteiger partial charge on any atom is -0.0692 e. The maximum absolute atomic E-state index is 2.12. The molecule has 0 bridgehead atoms. The third kappa shape index (κ3) is 0.510. The van der Waals surface area contributed by atoms with Crippen LogP contribution in [0.25, 0.3) is 0 Å². The minimum absolute atomic E-state index is 1.43. The van der Waals surface area contributed by atoms with E-state index in [2.05, 4.69) is 26.0 Å². The highest BCUT2D eigenvalue weighted by Crippen LogP contribution is 2.17. The molecule has 0 nitrogen and oxygen atoms in total. The van der Waals surface area contributed by atoms with E-state index in [1.807, 2.05) is 0 Å². The van der Waals surface area contributed by atoms with Gasteiger partial charge in [-0.2, -0.15) is 0 Å². The molecule has 0 N–H and O–H groups in total. The highest BCUT2D eigenvalue weighted by atomic mass is 14.0. The summed E-state index contributed by atoms with van der Waals surface area (Å²) in [4.78, 5) is 0. The summed E-state index contributed by atoms with van der Waals surface area (Å²) in [5, 5.41) is 0. The number of hydrogen-bond acceptors (Lipinski definition) is 0. The molecule has 0 unspecified atom stereocenters. The first-order valence-electron chi connectivity index (χ1n) is 2.16. The number of rotatable bonds is 0. The van der Waals surface area contributed by atoms with Gasteiger partial charge in [0.25, 0.3) is 0 Å². The highest BCUT2D eigenvalue weighted by molar-refractivity contribution is 5.48. The molecule has 1 rings (SSSR count). The first-order valence-corrected chi connectivity index (χ1v) is 2.16. The molecule has 6 heavy (non-hydrogen) atoms. The van der Waals surface area contributed by atoms with Crippen molar-refractivity contribution in [1.29, 1.82) is 0 Å². The minimum atomic E-state index is 1.43. The Hall–Kier alpha value is -0.520. The highest BCUT2D eigenvalue weighted by Gasteiger charge is 1.97. The molecule has 0 fully saturated rings. The molecule has 0 saturated heterocycles. The van der Waals surface area contributed by atoms with Crippen LogP contribution in [0.15, 0.2) is 23.3 Å². The Morgan fingerprint density at radius 1 is 1.33 bits per heavy atom. The molecule has 0 heteroatoms. The third-order valence-electron chi connectivity index (χ3n) is 0.911. The topological polar surface area (TPSA) is 0 Å². The zero-order valence-corrected chi connectivity index (χ0v) is 4.15. The van der Waals surface area contributed by atoms with Gasteiger partial charge in [0.1, 0.15) is 0 Å². The van der Waals surface area contributed by atoms with Crippen molar-refractivity contribution in [3.63, 3.8) is 0 Å². The van der Waals surface area contributed by atoms with E-state index in [4.69, 9.17) is 0 Å². The Labute approximate surface area is 38.2 Å². The average Bonchev–Trinajstić information content (AvgIpc) is 2.06. The summed E-state index contributed by atoms with van der Waals surface area (Å²) in [5.74, 6) is 0. The molecule has 0 amide bonds. The molecular formula is C6H8. The first-order chi connectivity index (χ1) is 2.80. The fourth-order valence-corrected chi connectivity index (χ4v) is 0.375. The summed E-state index contributed by atoms with van der Waals surface area (Å²) in [6, 6.07) is 0. The van der Waals surface area contributed by atoms with Crippen molar-refractivity contribution in [2.24, 2.45) is 0 Å². The zero-order valence-electron chi connectivity index (χ0n) is 4.15. The van der Waals surface area contributed by atoms with Gasteiger partial charge in [0.15, 0.2) is 0 Å². The van der Waals surface area contributed by atoms with E-state index < -0.39 is 0 Å². The zero-order chi connectivity index (χ0) is 4.57. The average molecular weight is 80.1 g/mol. The molecule has 0 radical (unpaired) electrons. The van der Waals surface area contributed by atoms with Crippen LogP contribution in [0.3, 0.4) is 0 Å². The molecule has 32 valence electrons. The van der Waals surface area contributed by atoms with Crippen molar-refractivity contribution in [3.05, 3.63) is 23.3 Å². The van der Waals surface area contributed by atoms with E-state index in [0.29, 0.717) is 0 Å². The summed E-state index contributed by atoms with van der Waals surface area (Å²) in [6.45, 7) is 4.24. The predicted octanol–water partition coefficient (Wildman–Crippen LogP) is 1.89. The van der Waals surface area contributed by atoms with Crippen LogP contribution < -0.4 is 0 Å². The van der Waals surface area contributed by atoms with Crippen LogP contribution in [0.1, 0.15) is 13.8 Å². The van der Waals surface area contributed by atoms with Gasteiger partial charge in [-0.15, -0.1) is 0 Å². The SMILES string of the molecule is CC(C)=C1C=C1. The van der Waals surface area contributed by atoms with E-state index in [9.17, 15) is 0 Å². The van der Waals surface area contributed by atoms with Gasteiger partial charge in [-0.25, -0.2) is 0 Å². The van der Waals surface area contributed by atoms with Crippen molar-refractivity contribution in [3.8, 4) is 0 Å². The smallest absolute Gasteiger partial charge is 0.0270 e. The lowest BCUT2D eigenvalue weighted by Crippen LogP contribution is -1.57. The van der Waals surface area contributed by atoms with Crippen molar-refractivity contribution in [2.45, 2.75) is 13.8 Å². The van der Waals surface area contributed by atoms with E-state index >= 15 is 0 Å². The molecule has 0 aromatic rings. The predicted molar refractivity (Wildman–Crippen MR) is 27.5 cm³/mol. The van der Waals surface area contributed by atoms with Crippen LogP contribution in [0.2, 0.25) is 0 Å². The third-order valence-corrected chi connectivity index (χ3v) is 0.911. The van der Waals surface area contributed by atoms with Crippen LogP contribution in [-0.2, 0) is 0 Å². The second kappa shape index (κ2) is 0.970. The molecule has 0 aliphatic heterocycles. The molecule has 0 heterocycles. The first kappa shape index (κ1) is 3.66. The Bertz CT molecular complexity index is 104. The van der Waals surface area contributed by atoms with Gasteiger partial charge >= 0.3 is 0 Å². The summed E-state index contributed by atoms with van der Waals surface area (Å²) < 4.78 is 0.